The Labute approximate surface area is 105 Å². The third-order valence-electron chi connectivity index (χ3n) is 2.67. The molecule has 1 amide bonds. The fourth-order valence-electron chi connectivity index (χ4n) is 1.45. The van der Waals surface area contributed by atoms with Crippen LogP contribution in [0.4, 0.5) is 5.69 Å². The molecule has 5 heteroatoms. The van der Waals surface area contributed by atoms with Gasteiger partial charge in [-0.3, -0.25) is 4.79 Å². The first-order valence-corrected chi connectivity index (χ1v) is 5.70. The van der Waals surface area contributed by atoms with Crippen LogP contribution in [0.1, 0.15) is 6.92 Å². The lowest BCUT2D eigenvalue weighted by atomic mass is 10.1. The fourth-order valence-corrected chi connectivity index (χ4v) is 1.45. The molecule has 3 N–H and O–H groups in total. The zero-order chi connectivity index (χ0) is 13.0. The molecule has 5 nitrogen and oxygen atoms in total. The topological polar surface area (TPSA) is 81.2 Å². The van der Waals surface area contributed by atoms with E-state index in [4.69, 9.17) is 10.2 Å². The molecule has 1 heterocycles. The molecule has 0 aliphatic rings. The molecular formula is C13H15N3O2. The summed E-state index contributed by atoms with van der Waals surface area (Å²) in [6, 6.07) is 7.37. The second kappa shape index (κ2) is 5.46. The maximum Gasteiger partial charge on any atom is 0.228 e. The maximum atomic E-state index is 11.6. The van der Waals surface area contributed by atoms with Crippen LogP contribution in [0.5, 0.6) is 0 Å². The molecule has 0 bridgehead atoms. The van der Waals surface area contributed by atoms with Crippen molar-refractivity contribution in [1.82, 2.24) is 4.98 Å². The van der Waals surface area contributed by atoms with E-state index < -0.39 is 0 Å². The quantitative estimate of drug-likeness (QED) is 0.861. The highest BCUT2D eigenvalue weighted by molar-refractivity contribution is 5.92. The number of anilines is 1. The van der Waals surface area contributed by atoms with Gasteiger partial charge in [0.05, 0.1) is 6.20 Å². The van der Waals surface area contributed by atoms with Gasteiger partial charge < -0.3 is 15.5 Å². The number of nitrogens with zero attached hydrogens (tertiary/aromatic N) is 1. The summed E-state index contributed by atoms with van der Waals surface area (Å²) in [7, 11) is 0. The van der Waals surface area contributed by atoms with Crippen LogP contribution in [-0.4, -0.2) is 17.4 Å². The second-order valence-corrected chi connectivity index (χ2v) is 4.07. The lowest BCUT2D eigenvalue weighted by Crippen LogP contribution is -2.26. The second-order valence-electron chi connectivity index (χ2n) is 4.07. The summed E-state index contributed by atoms with van der Waals surface area (Å²) in [4.78, 5) is 15.5. The van der Waals surface area contributed by atoms with Gasteiger partial charge in [-0.15, -0.1) is 0 Å². The Hall–Kier alpha value is -2.14. The highest BCUT2D eigenvalue weighted by Crippen LogP contribution is 2.20. The minimum absolute atomic E-state index is 0.0788. The van der Waals surface area contributed by atoms with E-state index in [0.717, 1.165) is 11.3 Å². The molecule has 0 saturated heterocycles. The molecule has 0 aliphatic carbocycles. The molecule has 18 heavy (non-hydrogen) atoms. The lowest BCUT2D eigenvalue weighted by Gasteiger charge is -2.09. The number of hydrogen-bond donors (Lipinski definition) is 2. The zero-order valence-electron chi connectivity index (χ0n) is 10.1. The molecule has 2 aromatic rings. The van der Waals surface area contributed by atoms with Gasteiger partial charge in [0.15, 0.2) is 12.2 Å². The van der Waals surface area contributed by atoms with Gasteiger partial charge in [-0.05, 0) is 24.3 Å². The number of carbonyl (C=O) groups is 1. The van der Waals surface area contributed by atoms with Gasteiger partial charge in [-0.1, -0.05) is 6.92 Å². The Kier molecular flexibility index (Phi) is 3.74. The van der Waals surface area contributed by atoms with Gasteiger partial charge >= 0.3 is 0 Å². The summed E-state index contributed by atoms with van der Waals surface area (Å²) >= 11 is 0. The van der Waals surface area contributed by atoms with E-state index >= 15 is 0 Å². The number of rotatable bonds is 4. The van der Waals surface area contributed by atoms with Crippen molar-refractivity contribution in [3.63, 3.8) is 0 Å². The first-order chi connectivity index (χ1) is 8.70. The van der Waals surface area contributed by atoms with Crippen LogP contribution in [0.2, 0.25) is 0 Å². The fraction of sp³-hybridized carbons (Fsp3) is 0.231. The first kappa shape index (κ1) is 12.3. The molecule has 0 aliphatic heterocycles. The highest BCUT2D eigenvalue weighted by Gasteiger charge is 2.10. The normalized spacial score (nSPS) is 12.1. The zero-order valence-corrected chi connectivity index (χ0v) is 10.1. The molecule has 1 aromatic carbocycles. The third-order valence-corrected chi connectivity index (χ3v) is 2.67. The molecule has 1 unspecified atom stereocenters. The molecule has 2 rings (SSSR count). The number of benzene rings is 1. The number of carbonyl (C=O) groups excluding carboxylic acids is 1. The number of amides is 1. The van der Waals surface area contributed by atoms with Crippen molar-refractivity contribution in [2.75, 3.05) is 11.9 Å². The summed E-state index contributed by atoms with van der Waals surface area (Å²) in [5, 5.41) is 2.80. The standard InChI is InChI=1S/C13H15N3O2/c1-9(6-14)13(17)16-11-4-2-10(3-5-11)12-7-15-8-18-12/h2-5,7-9H,6,14H2,1H3,(H,16,17). The number of aromatic nitrogens is 1. The van der Waals surface area contributed by atoms with Crippen LogP contribution in [0.25, 0.3) is 11.3 Å². The molecule has 0 radical (unpaired) electrons. The van der Waals surface area contributed by atoms with Crippen molar-refractivity contribution in [3.8, 4) is 11.3 Å². The summed E-state index contributed by atoms with van der Waals surface area (Å²) in [5.74, 6) is 0.423. The van der Waals surface area contributed by atoms with Gasteiger partial charge in [-0.2, -0.15) is 0 Å². The molecule has 0 fully saturated rings. The van der Waals surface area contributed by atoms with Gasteiger partial charge in [-0.25, -0.2) is 4.98 Å². The van der Waals surface area contributed by atoms with Crippen molar-refractivity contribution in [3.05, 3.63) is 36.9 Å². The predicted octanol–water partition coefficient (Wildman–Crippen LogP) is 1.87. The average Bonchev–Trinajstić information content (AvgIpc) is 2.92. The molecule has 0 spiro atoms. The Morgan fingerprint density at radius 3 is 2.72 bits per heavy atom. The van der Waals surface area contributed by atoms with Gasteiger partial charge in [0.1, 0.15) is 0 Å². The van der Waals surface area contributed by atoms with Gasteiger partial charge in [0, 0.05) is 23.7 Å². The van der Waals surface area contributed by atoms with Crippen LogP contribution in [0, 0.1) is 5.92 Å². The third kappa shape index (κ3) is 2.75. The summed E-state index contributed by atoms with van der Waals surface area (Å²) in [6.45, 7) is 2.13. The minimum Gasteiger partial charge on any atom is -0.444 e. The van der Waals surface area contributed by atoms with E-state index in [1.165, 1.54) is 6.39 Å². The summed E-state index contributed by atoms with van der Waals surface area (Å²) in [5.41, 5.74) is 7.09. The van der Waals surface area contributed by atoms with E-state index in [1.54, 1.807) is 13.1 Å². The molecule has 1 aromatic heterocycles. The van der Waals surface area contributed by atoms with Crippen LogP contribution in [-0.2, 0) is 4.79 Å². The van der Waals surface area contributed by atoms with Gasteiger partial charge in [0.25, 0.3) is 0 Å². The van der Waals surface area contributed by atoms with Crippen molar-refractivity contribution >= 4 is 11.6 Å². The van der Waals surface area contributed by atoms with Crippen molar-refractivity contribution < 1.29 is 9.21 Å². The van der Waals surface area contributed by atoms with Crippen LogP contribution >= 0.6 is 0 Å². The number of nitrogens with one attached hydrogen (secondary N) is 1. The van der Waals surface area contributed by atoms with E-state index in [2.05, 4.69) is 10.3 Å². The Bertz CT molecular complexity index is 506. The average molecular weight is 245 g/mol. The monoisotopic (exact) mass is 245 g/mol. The van der Waals surface area contributed by atoms with Crippen molar-refractivity contribution in [1.29, 1.82) is 0 Å². The Balaban J connectivity index is 2.06. The van der Waals surface area contributed by atoms with Gasteiger partial charge in [0.2, 0.25) is 5.91 Å². The highest BCUT2D eigenvalue weighted by atomic mass is 16.3. The molecule has 0 saturated carbocycles. The first-order valence-electron chi connectivity index (χ1n) is 5.70. The number of hydrogen-bond acceptors (Lipinski definition) is 4. The summed E-state index contributed by atoms with van der Waals surface area (Å²) in [6.07, 6.45) is 3.03. The van der Waals surface area contributed by atoms with Crippen LogP contribution in [0.15, 0.2) is 41.3 Å². The predicted molar refractivity (Wildman–Crippen MR) is 68.8 cm³/mol. The Morgan fingerprint density at radius 1 is 1.44 bits per heavy atom. The van der Waals surface area contributed by atoms with E-state index in [9.17, 15) is 4.79 Å². The smallest absolute Gasteiger partial charge is 0.228 e. The number of nitrogens with two attached hydrogens (primary N) is 1. The van der Waals surface area contributed by atoms with Crippen LogP contribution in [0.3, 0.4) is 0 Å². The Morgan fingerprint density at radius 2 is 2.17 bits per heavy atom. The van der Waals surface area contributed by atoms with Crippen LogP contribution < -0.4 is 11.1 Å². The molecule has 94 valence electrons. The minimum atomic E-state index is -0.195. The SMILES string of the molecule is CC(CN)C(=O)Nc1ccc(-c2cnco2)cc1. The summed E-state index contributed by atoms with van der Waals surface area (Å²) < 4.78 is 5.18. The molecule has 1 atom stereocenters. The van der Waals surface area contributed by atoms with E-state index in [-0.39, 0.29) is 11.8 Å². The largest absolute Gasteiger partial charge is 0.444 e. The maximum absolute atomic E-state index is 11.6. The van der Waals surface area contributed by atoms with E-state index in [1.807, 2.05) is 24.3 Å². The molecular weight excluding hydrogens is 230 g/mol. The van der Waals surface area contributed by atoms with E-state index in [0.29, 0.717) is 12.3 Å². The number of oxazole rings is 1. The lowest BCUT2D eigenvalue weighted by molar-refractivity contribution is -0.119. The van der Waals surface area contributed by atoms with Crippen molar-refractivity contribution in [2.45, 2.75) is 6.92 Å². The van der Waals surface area contributed by atoms with Crippen molar-refractivity contribution in [2.24, 2.45) is 11.7 Å².